The summed E-state index contributed by atoms with van der Waals surface area (Å²) in [5.41, 5.74) is 13.3. The third kappa shape index (κ3) is 4.91. The van der Waals surface area contributed by atoms with Gasteiger partial charge in [0, 0.05) is 48.7 Å². The van der Waals surface area contributed by atoms with E-state index >= 15 is 0 Å². The molecular weight excluding hydrogens is 769 g/mol. The van der Waals surface area contributed by atoms with Crippen LogP contribution in [0.5, 0.6) is 0 Å². The lowest BCUT2D eigenvalue weighted by Gasteiger charge is -2.13. The molecule has 0 saturated carbocycles. The predicted octanol–water partition coefficient (Wildman–Crippen LogP) is 14.2. The Morgan fingerprint density at radius 1 is 0.254 bits per heavy atom. The molecule has 0 N–H and O–H groups in total. The van der Waals surface area contributed by atoms with E-state index in [4.69, 9.17) is 15.0 Å². The maximum absolute atomic E-state index is 5.50. The smallest absolute Gasteiger partial charge is 0.240 e. The lowest BCUT2D eigenvalue weighted by molar-refractivity contribution is 0.893. The minimum atomic E-state index is 0.555. The van der Waals surface area contributed by atoms with E-state index in [9.17, 15) is 0 Å². The van der Waals surface area contributed by atoms with Crippen molar-refractivity contribution in [2.45, 2.75) is 0 Å². The van der Waals surface area contributed by atoms with Gasteiger partial charge in [-0.05, 0) is 82.9 Å². The average Bonchev–Trinajstić information content (AvgIpc) is 4.08. The van der Waals surface area contributed by atoms with Crippen LogP contribution in [0.2, 0.25) is 0 Å². The van der Waals surface area contributed by atoms with Crippen molar-refractivity contribution in [2.75, 3.05) is 0 Å². The zero-order valence-electron chi connectivity index (χ0n) is 33.8. The zero-order chi connectivity index (χ0) is 41.2. The molecule has 5 aromatic heterocycles. The molecule has 292 valence electrons. The zero-order valence-corrected chi connectivity index (χ0v) is 33.8. The highest BCUT2D eigenvalue weighted by Gasteiger charge is 2.24. The predicted molar refractivity (Wildman–Crippen MR) is 259 cm³/mol. The summed E-state index contributed by atoms with van der Waals surface area (Å²) >= 11 is 0. The molecule has 0 radical (unpaired) electrons. The maximum atomic E-state index is 5.50. The Balaban J connectivity index is 1.09. The van der Waals surface area contributed by atoms with Gasteiger partial charge in [0.25, 0.3) is 0 Å². The summed E-state index contributed by atoms with van der Waals surface area (Å²) in [5.74, 6) is 1.72. The van der Waals surface area contributed by atoms with Crippen LogP contribution in [0.3, 0.4) is 0 Å². The summed E-state index contributed by atoms with van der Waals surface area (Å²) in [4.78, 5) is 16.5. The summed E-state index contributed by atoms with van der Waals surface area (Å²) in [7, 11) is 0. The summed E-state index contributed by atoms with van der Waals surface area (Å²) in [5, 5.41) is 9.30. The molecule has 0 aliphatic rings. The molecule has 63 heavy (non-hydrogen) atoms. The first-order chi connectivity index (χ1) is 31.2. The standard InChI is InChI=1S/C57H34N6/c1-3-15-35(16-4-1)37-27-29-52-44(31-37)40-19-7-13-25-50(40)62(52)56-58-55(39-33-46-42-21-9-11-23-48(42)61-49-24-12-10-22-43(49)47(34-39)54(46)61)59-57(60-56)63-51-26-14-8-20-41(51)45-32-38(28-30-53(45)63)36-17-5-2-6-18-36/h1-34H. The third-order valence-electron chi connectivity index (χ3n) is 13.0. The van der Waals surface area contributed by atoms with E-state index in [0.717, 1.165) is 60.3 Å². The fraction of sp³-hybridized carbons (Fsp3) is 0. The second-order valence-corrected chi connectivity index (χ2v) is 16.4. The number of para-hydroxylation sites is 4. The van der Waals surface area contributed by atoms with Crippen molar-refractivity contribution in [3.05, 3.63) is 206 Å². The van der Waals surface area contributed by atoms with E-state index in [1.54, 1.807) is 0 Å². The van der Waals surface area contributed by atoms with Crippen LogP contribution in [0.25, 0.3) is 127 Å². The van der Waals surface area contributed by atoms with Crippen molar-refractivity contribution in [1.29, 1.82) is 0 Å². The molecule has 6 nitrogen and oxygen atoms in total. The first kappa shape index (κ1) is 34.1. The van der Waals surface area contributed by atoms with Crippen LogP contribution in [-0.2, 0) is 0 Å². The third-order valence-corrected chi connectivity index (χ3v) is 13.0. The van der Waals surface area contributed by atoms with Crippen LogP contribution in [0.1, 0.15) is 0 Å². The van der Waals surface area contributed by atoms with Gasteiger partial charge in [-0.3, -0.25) is 9.13 Å². The van der Waals surface area contributed by atoms with Crippen LogP contribution in [-0.4, -0.2) is 28.5 Å². The van der Waals surface area contributed by atoms with Crippen molar-refractivity contribution in [1.82, 2.24) is 28.5 Å². The van der Waals surface area contributed by atoms with Gasteiger partial charge in [0.05, 0.1) is 38.6 Å². The van der Waals surface area contributed by atoms with E-state index in [-0.39, 0.29) is 0 Å². The molecule has 5 heterocycles. The average molecular weight is 803 g/mol. The van der Waals surface area contributed by atoms with Crippen LogP contribution in [0.4, 0.5) is 0 Å². The summed E-state index contributed by atoms with van der Waals surface area (Å²) in [6, 6.07) is 73.7. The van der Waals surface area contributed by atoms with Crippen LogP contribution >= 0.6 is 0 Å². The molecule has 0 saturated heterocycles. The number of benzene rings is 9. The minimum absolute atomic E-state index is 0.555. The normalized spacial score (nSPS) is 12.1. The van der Waals surface area contributed by atoms with Gasteiger partial charge in [0.2, 0.25) is 11.9 Å². The first-order valence-corrected chi connectivity index (χ1v) is 21.4. The number of aromatic nitrogens is 6. The molecule has 0 fully saturated rings. The van der Waals surface area contributed by atoms with Crippen molar-refractivity contribution < 1.29 is 0 Å². The lowest BCUT2D eigenvalue weighted by Crippen LogP contribution is -2.10. The quantitative estimate of drug-likeness (QED) is 0.174. The largest absolute Gasteiger partial charge is 0.308 e. The highest BCUT2D eigenvalue weighted by Crippen LogP contribution is 2.42. The monoisotopic (exact) mass is 802 g/mol. The number of fused-ring (bicyclic) bond motifs is 12. The maximum Gasteiger partial charge on any atom is 0.240 e. The van der Waals surface area contributed by atoms with E-state index in [2.05, 4.69) is 220 Å². The van der Waals surface area contributed by atoms with Crippen molar-refractivity contribution in [3.8, 4) is 45.5 Å². The van der Waals surface area contributed by atoms with Gasteiger partial charge in [-0.1, -0.05) is 146 Å². The Morgan fingerprint density at radius 3 is 1.08 bits per heavy atom. The van der Waals surface area contributed by atoms with E-state index in [1.807, 2.05) is 0 Å². The fourth-order valence-electron chi connectivity index (χ4n) is 10.3. The van der Waals surface area contributed by atoms with Gasteiger partial charge in [-0.2, -0.15) is 15.0 Å². The van der Waals surface area contributed by atoms with E-state index in [0.29, 0.717) is 17.7 Å². The SMILES string of the molecule is c1ccc(-c2ccc3c(c2)c2ccccc2n3-c2nc(-c3cc4c5ccccc5n5c6ccccc6c(c3)c45)nc(-n3c4ccccc4c4cc(-c5ccccc5)ccc43)n2)cc1. The summed E-state index contributed by atoms with van der Waals surface area (Å²) in [6.45, 7) is 0. The molecule has 0 aliphatic carbocycles. The van der Waals surface area contributed by atoms with E-state index in [1.165, 1.54) is 49.2 Å². The molecule has 6 heteroatoms. The Bertz CT molecular complexity index is 3880. The molecular formula is C57H34N6. The Labute approximate surface area is 360 Å². The van der Waals surface area contributed by atoms with Gasteiger partial charge in [0.15, 0.2) is 5.82 Å². The molecule has 14 rings (SSSR count). The molecule has 0 atom stereocenters. The number of hydrogen-bond acceptors (Lipinski definition) is 3. The summed E-state index contributed by atoms with van der Waals surface area (Å²) in [6.07, 6.45) is 0. The van der Waals surface area contributed by atoms with Crippen molar-refractivity contribution in [2.24, 2.45) is 0 Å². The highest BCUT2D eigenvalue weighted by molar-refractivity contribution is 6.24. The van der Waals surface area contributed by atoms with Crippen LogP contribution < -0.4 is 0 Å². The van der Waals surface area contributed by atoms with Gasteiger partial charge in [-0.15, -0.1) is 0 Å². The van der Waals surface area contributed by atoms with Gasteiger partial charge in [0.1, 0.15) is 0 Å². The lowest BCUT2D eigenvalue weighted by atomic mass is 10.0. The fourth-order valence-corrected chi connectivity index (χ4v) is 10.3. The van der Waals surface area contributed by atoms with Crippen LogP contribution in [0, 0.1) is 0 Å². The highest BCUT2D eigenvalue weighted by atomic mass is 15.3. The molecule has 14 aromatic rings. The molecule has 0 bridgehead atoms. The molecule has 0 amide bonds. The Morgan fingerprint density at radius 2 is 0.619 bits per heavy atom. The van der Waals surface area contributed by atoms with E-state index < -0.39 is 0 Å². The Hall–Kier alpha value is -8.61. The second kappa shape index (κ2) is 12.9. The number of nitrogens with zero attached hydrogens (tertiary/aromatic N) is 6. The molecule has 0 spiro atoms. The van der Waals surface area contributed by atoms with Gasteiger partial charge < -0.3 is 4.40 Å². The van der Waals surface area contributed by atoms with Gasteiger partial charge >= 0.3 is 0 Å². The topological polar surface area (TPSA) is 52.9 Å². The molecule has 0 unspecified atom stereocenters. The summed E-state index contributed by atoms with van der Waals surface area (Å²) < 4.78 is 6.84. The second-order valence-electron chi connectivity index (χ2n) is 16.4. The first-order valence-electron chi connectivity index (χ1n) is 21.4. The van der Waals surface area contributed by atoms with Crippen molar-refractivity contribution >= 4 is 81.7 Å². The minimum Gasteiger partial charge on any atom is -0.308 e. The molecule has 0 aliphatic heterocycles. The Kier molecular flexibility index (Phi) is 7.02. The van der Waals surface area contributed by atoms with Crippen molar-refractivity contribution in [3.63, 3.8) is 0 Å². The molecule has 9 aromatic carbocycles. The number of hydrogen-bond donors (Lipinski definition) is 0. The van der Waals surface area contributed by atoms with Gasteiger partial charge in [-0.25, -0.2) is 0 Å². The number of rotatable bonds is 5. The van der Waals surface area contributed by atoms with Crippen LogP contribution in [0.15, 0.2) is 206 Å².